The van der Waals surface area contributed by atoms with E-state index in [4.69, 9.17) is 0 Å². The molecule has 0 aliphatic carbocycles. The molecule has 0 aromatic rings. The molecule has 0 radical (unpaired) electrons. The molecule has 0 atom stereocenters. The molecule has 0 aromatic heterocycles. The molecule has 2 N–H and O–H groups in total. The highest BCUT2D eigenvalue weighted by Gasteiger charge is 1.69. The van der Waals surface area contributed by atoms with Crippen molar-refractivity contribution >= 4 is 0 Å². The SMILES string of the molecule is CCCN=NON. The third kappa shape index (κ3) is 5.36. The predicted octanol–water partition coefficient (Wildman–Crippen LogP) is 0.654. The Labute approximate surface area is 42.3 Å². The molecule has 0 bridgehead atoms. The van der Waals surface area contributed by atoms with Gasteiger partial charge in [-0.15, -0.1) is 5.90 Å². The van der Waals surface area contributed by atoms with E-state index in [0.29, 0.717) is 6.54 Å². The van der Waals surface area contributed by atoms with E-state index in [-0.39, 0.29) is 0 Å². The fourth-order valence-electron chi connectivity index (χ4n) is 0.174. The summed E-state index contributed by atoms with van der Waals surface area (Å²) in [4.78, 5) is 3.80. The van der Waals surface area contributed by atoms with Crippen LogP contribution < -0.4 is 5.90 Å². The molecular weight excluding hydrogens is 94.1 g/mol. The minimum absolute atomic E-state index is 0.678. The summed E-state index contributed by atoms with van der Waals surface area (Å²) in [6.45, 7) is 2.67. The van der Waals surface area contributed by atoms with Crippen molar-refractivity contribution < 1.29 is 4.94 Å². The van der Waals surface area contributed by atoms with Crippen molar-refractivity contribution in [3.8, 4) is 0 Å². The van der Waals surface area contributed by atoms with Gasteiger partial charge in [-0.1, -0.05) is 6.92 Å². The Morgan fingerprint density at radius 2 is 2.43 bits per heavy atom. The number of nitrogens with zero attached hydrogens (tertiary/aromatic N) is 2. The topological polar surface area (TPSA) is 60.0 Å². The number of nitrogens with two attached hydrogens (primary N) is 1. The zero-order valence-electron chi connectivity index (χ0n) is 4.29. The Hall–Kier alpha value is -0.640. The van der Waals surface area contributed by atoms with Crippen LogP contribution in [-0.4, -0.2) is 6.54 Å². The summed E-state index contributed by atoms with van der Waals surface area (Å²) in [5.74, 6) is 4.51. The van der Waals surface area contributed by atoms with E-state index in [1.54, 1.807) is 0 Å². The molecule has 4 heteroatoms. The zero-order valence-corrected chi connectivity index (χ0v) is 4.29. The number of hydrogen-bond acceptors (Lipinski definition) is 4. The quantitative estimate of drug-likeness (QED) is 0.421. The maximum atomic E-state index is 4.51. The first-order valence-electron chi connectivity index (χ1n) is 2.14. The monoisotopic (exact) mass is 103 g/mol. The average molecular weight is 103 g/mol. The summed E-state index contributed by atoms with van der Waals surface area (Å²) in [5, 5.41) is 6.55. The normalized spacial score (nSPS) is 10.0. The summed E-state index contributed by atoms with van der Waals surface area (Å²) in [7, 11) is 0. The Bertz CT molecular complexity index is 54.1. The molecule has 7 heavy (non-hydrogen) atoms. The van der Waals surface area contributed by atoms with Crippen LogP contribution in [0.25, 0.3) is 0 Å². The second kappa shape index (κ2) is 5.36. The van der Waals surface area contributed by atoms with Gasteiger partial charge in [0.05, 0.1) is 6.54 Å². The van der Waals surface area contributed by atoms with Gasteiger partial charge in [0.15, 0.2) is 0 Å². The molecule has 0 saturated carbocycles. The second-order valence-corrected chi connectivity index (χ2v) is 1.05. The van der Waals surface area contributed by atoms with E-state index in [9.17, 15) is 0 Å². The van der Waals surface area contributed by atoms with Crippen LogP contribution in [0.2, 0.25) is 0 Å². The van der Waals surface area contributed by atoms with Gasteiger partial charge in [-0.05, 0) is 6.42 Å². The van der Waals surface area contributed by atoms with Crippen LogP contribution in [0.5, 0.6) is 0 Å². The molecule has 0 rings (SSSR count). The van der Waals surface area contributed by atoms with Crippen molar-refractivity contribution in [3.05, 3.63) is 0 Å². The lowest BCUT2D eigenvalue weighted by molar-refractivity contribution is 0.125. The first-order valence-corrected chi connectivity index (χ1v) is 2.14. The standard InChI is InChI=1S/C3H9N3O/c1-2-3-5-6-7-4/h2-4H2,1H3. The molecule has 0 unspecified atom stereocenters. The minimum atomic E-state index is 0.678. The maximum absolute atomic E-state index is 4.51. The molecule has 0 amide bonds. The van der Waals surface area contributed by atoms with Gasteiger partial charge in [0, 0.05) is 5.28 Å². The lowest BCUT2D eigenvalue weighted by Crippen LogP contribution is -1.87. The Balaban J connectivity index is 2.78. The third-order valence-electron chi connectivity index (χ3n) is 0.428. The molecule has 0 aliphatic heterocycles. The second-order valence-electron chi connectivity index (χ2n) is 1.05. The van der Waals surface area contributed by atoms with Gasteiger partial charge < -0.3 is 0 Å². The summed E-state index contributed by atoms with van der Waals surface area (Å²) in [5.41, 5.74) is 0. The van der Waals surface area contributed by atoms with Crippen LogP contribution in [0.4, 0.5) is 0 Å². The van der Waals surface area contributed by atoms with Gasteiger partial charge in [0.1, 0.15) is 0 Å². The lowest BCUT2D eigenvalue weighted by Gasteiger charge is -1.80. The van der Waals surface area contributed by atoms with Crippen LogP contribution in [0.15, 0.2) is 10.4 Å². The molecule has 0 spiro atoms. The summed E-state index contributed by atoms with van der Waals surface area (Å²) in [6, 6.07) is 0. The van der Waals surface area contributed by atoms with Gasteiger partial charge >= 0.3 is 0 Å². The van der Waals surface area contributed by atoms with Crippen molar-refractivity contribution in [2.24, 2.45) is 16.3 Å². The maximum Gasteiger partial charge on any atom is 0.0633 e. The molecule has 0 aliphatic rings. The van der Waals surface area contributed by atoms with Gasteiger partial charge in [0.25, 0.3) is 0 Å². The fraction of sp³-hybridized carbons (Fsp3) is 1.00. The molecular formula is C3H9N3O. The van der Waals surface area contributed by atoms with Gasteiger partial charge in [-0.3, -0.25) is 4.94 Å². The molecule has 0 heterocycles. The summed E-state index contributed by atoms with van der Waals surface area (Å²) in [6.07, 6.45) is 0.965. The van der Waals surface area contributed by atoms with E-state index in [0.717, 1.165) is 6.42 Å². The smallest absolute Gasteiger partial charge is 0.0633 e. The Morgan fingerprint density at radius 3 is 2.86 bits per heavy atom. The molecule has 4 nitrogen and oxygen atoms in total. The first kappa shape index (κ1) is 6.36. The van der Waals surface area contributed by atoms with Crippen LogP contribution in [0.1, 0.15) is 13.3 Å². The van der Waals surface area contributed by atoms with Crippen LogP contribution in [0, 0.1) is 0 Å². The summed E-state index contributed by atoms with van der Waals surface area (Å²) < 4.78 is 0. The number of hydrogen-bond donors (Lipinski definition) is 1. The van der Waals surface area contributed by atoms with Gasteiger partial charge in [-0.25, -0.2) is 0 Å². The fourth-order valence-corrected chi connectivity index (χ4v) is 0.174. The van der Waals surface area contributed by atoms with Gasteiger partial charge in [-0.2, -0.15) is 5.11 Å². The third-order valence-corrected chi connectivity index (χ3v) is 0.428. The molecule has 0 saturated heterocycles. The van der Waals surface area contributed by atoms with Crippen molar-refractivity contribution in [1.82, 2.24) is 0 Å². The van der Waals surface area contributed by atoms with E-state index < -0.39 is 0 Å². The van der Waals surface area contributed by atoms with Crippen LogP contribution >= 0.6 is 0 Å². The van der Waals surface area contributed by atoms with Crippen molar-refractivity contribution in [3.63, 3.8) is 0 Å². The predicted molar refractivity (Wildman–Crippen MR) is 25.3 cm³/mol. The van der Waals surface area contributed by atoms with E-state index in [2.05, 4.69) is 21.2 Å². The Morgan fingerprint density at radius 1 is 1.71 bits per heavy atom. The van der Waals surface area contributed by atoms with Crippen LogP contribution in [-0.2, 0) is 4.94 Å². The van der Waals surface area contributed by atoms with E-state index in [1.807, 2.05) is 6.92 Å². The summed E-state index contributed by atoms with van der Waals surface area (Å²) >= 11 is 0. The first-order chi connectivity index (χ1) is 3.41. The van der Waals surface area contributed by atoms with Crippen LogP contribution in [0.3, 0.4) is 0 Å². The highest BCUT2D eigenvalue weighted by Crippen LogP contribution is 1.77. The molecule has 0 aromatic carbocycles. The highest BCUT2D eigenvalue weighted by atomic mass is 16.8. The Kier molecular flexibility index (Phi) is 4.87. The minimum Gasteiger partial charge on any atom is -0.283 e. The molecule has 0 fully saturated rings. The van der Waals surface area contributed by atoms with E-state index >= 15 is 0 Å². The average Bonchev–Trinajstić information content (AvgIpc) is 1.69. The van der Waals surface area contributed by atoms with Gasteiger partial charge in [0.2, 0.25) is 0 Å². The highest BCUT2D eigenvalue weighted by molar-refractivity contribution is 4.26. The molecule has 42 valence electrons. The van der Waals surface area contributed by atoms with Crippen molar-refractivity contribution in [2.75, 3.05) is 6.54 Å². The lowest BCUT2D eigenvalue weighted by atomic mass is 10.5. The van der Waals surface area contributed by atoms with Crippen molar-refractivity contribution in [2.45, 2.75) is 13.3 Å². The number of rotatable bonds is 3. The zero-order chi connectivity index (χ0) is 5.54. The van der Waals surface area contributed by atoms with E-state index in [1.165, 1.54) is 0 Å². The largest absolute Gasteiger partial charge is 0.283 e. The van der Waals surface area contributed by atoms with Crippen molar-refractivity contribution in [1.29, 1.82) is 0 Å².